The molecule has 3 aromatic rings. The van der Waals surface area contributed by atoms with E-state index in [4.69, 9.17) is 4.52 Å². The minimum absolute atomic E-state index is 0.0604. The second-order valence-electron chi connectivity index (χ2n) is 5.46. The Hall–Kier alpha value is -2.51. The number of rotatable bonds is 5. The number of sulfonamides is 1. The van der Waals surface area contributed by atoms with Gasteiger partial charge in [0.1, 0.15) is 0 Å². The van der Waals surface area contributed by atoms with Crippen LogP contribution in [0.25, 0.3) is 11.4 Å². The van der Waals surface area contributed by atoms with Gasteiger partial charge in [0.15, 0.2) is 0 Å². The fourth-order valence-electron chi connectivity index (χ4n) is 2.22. The lowest BCUT2D eigenvalue weighted by Gasteiger charge is -2.04. The van der Waals surface area contributed by atoms with E-state index in [1.807, 2.05) is 38.1 Å². The largest absolute Gasteiger partial charge is 0.338 e. The minimum Gasteiger partial charge on any atom is -0.338 e. The third-order valence-corrected chi connectivity index (χ3v) is 5.02. The van der Waals surface area contributed by atoms with Crippen molar-refractivity contribution in [1.82, 2.24) is 14.9 Å². The van der Waals surface area contributed by atoms with Gasteiger partial charge in [0.2, 0.25) is 21.7 Å². The smallest absolute Gasteiger partial charge is 0.242 e. The topological polar surface area (TPSA) is 85.1 Å². The zero-order chi connectivity index (χ0) is 17.2. The highest BCUT2D eigenvalue weighted by molar-refractivity contribution is 7.89. The number of aryl methyl sites for hydroxylation is 2. The third kappa shape index (κ3) is 3.52. The molecule has 24 heavy (non-hydrogen) atoms. The Bertz CT molecular complexity index is 947. The maximum absolute atomic E-state index is 12.2. The van der Waals surface area contributed by atoms with Crippen LogP contribution in [0.4, 0.5) is 0 Å². The first-order chi connectivity index (χ1) is 11.5. The predicted molar refractivity (Wildman–Crippen MR) is 89.7 cm³/mol. The highest BCUT2D eigenvalue weighted by Crippen LogP contribution is 2.20. The molecular weight excluding hydrogens is 326 g/mol. The molecule has 1 N–H and O–H groups in total. The summed E-state index contributed by atoms with van der Waals surface area (Å²) in [7, 11) is -3.62. The maximum Gasteiger partial charge on any atom is 0.242 e. The van der Waals surface area contributed by atoms with Crippen LogP contribution in [0.5, 0.6) is 0 Å². The number of nitrogens with one attached hydrogen (secondary N) is 1. The van der Waals surface area contributed by atoms with Crippen LogP contribution in [0.3, 0.4) is 0 Å². The molecule has 0 spiro atoms. The van der Waals surface area contributed by atoms with Crippen LogP contribution in [0.1, 0.15) is 17.0 Å². The SMILES string of the molecule is Cc1ccc(S(=O)(=O)NCc2nc(-c3ccccc3C)no2)cc1. The second-order valence-corrected chi connectivity index (χ2v) is 7.23. The van der Waals surface area contributed by atoms with Crippen LogP contribution in [-0.2, 0) is 16.6 Å². The molecule has 0 saturated heterocycles. The second kappa shape index (κ2) is 6.54. The Morgan fingerprint density at radius 2 is 1.75 bits per heavy atom. The van der Waals surface area contributed by atoms with Crippen molar-refractivity contribution in [2.24, 2.45) is 0 Å². The lowest BCUT2D eigenvalue weighted by molar-refractivity contribution is 0.376. The molecule has 0 aliphatic rings. The maximum atomic E-state index is 12.2. The molecule has 0 saturated carbocycles. The van der Waals surface area contributed by atoms with Gasteiger partial charge in [0, 0.05) is 5.56 Å². The molecule has 1 aromatic heterocycles. The highest BCUT2D eigenvalue weighted by Gasteiger charge is 2.16. The van der Waals surface area contributed by atoms with Crippen molar-refractivity contribution >= 4 is 10.0 Å². The van der Waals surface area contributed by atoms with E-state index in [-0.39, 0.29) is 17.3 Å². The minimum atomic E-state index is -3.62. The molecule has 0 bridgehead atoms. The van der Waals surface area contributed by atoms with Crippen LogP contribution in [0, 0.1) is 13.8 Å². The van der Waals surface area contributed by atoms with Crippen molar-refractivity contribution in [3.05, 3.63) is 65.5 Å². The van der Waals surface area contributed by atoms with Crippen molar-refractivity contribution in [3.8, 4) is 11.4 Å². The van der Waals surface area contributed by atoms with Crippen LogP contribution >= 0.6 is 0 Å². The van der Waals surface area contributed by atoms with Gasteiger partial charge < -0.3 is 4.52 Å². The fraction of sp³-hybridized carbons (Fsp3) is 0.176. The van der Waals surface area contributed by atoms with E-state index in [0.29, 0.717) is 5.82 Å². The summed E-state index contributed by atoms with van der Waals surface area (Å²) in [5, 5.41) is 3.91. The lowest BCUT2D eigenvalue weighted by Crippen LogP contribution is -2.23. The Balaban J connectivity index is 1.74. The molecule has 0 aliphatic heterocycles. The lowest BCUT2D eigenvalue weighted by atomic mass is 10.1. The van der Waals surface area contributed by atoms with E-state index >= 15 is 0 Å². The summed E-state index contributed by atoms with van der Waals surface area (Å²) in [5.41, 5.74) is 2.87. The summed E-state index contributed by atoms with van der Waals surface area (Å²) in [6.07, 6.45) is 0. The van der Waals surface area contributed by atoms with Gasteiger partial charge in [-0.15, -0.1) is 0 Å². The zero-order valence-electron chi connectivity index (χ0n) is 13.4. The van der Waals surface area contributed by atoms with Gasteiger partial charge in [-0.1, -0.05) is 47.1 Å². The van der Waals surface area contributed by atoms with Crippen molar-refractivity contribution in [2.75, 3.05) is 0 Å². The van der Waals surface area contributed by atoms with E-state index in [2.05, 4.69) is 14.9 Å². The quantitative estimate of drug-likeness (QED) is 0.770. The van der Waals surface area contributed by atoms with E-state index in [1.54, 1.807) is 24.3 Å². The van der Waals surface area contributed by atoms with Gasteiger partial charge in [-0.05, 0) is 31.5 Å². The molecule has 6 nitrogen and oxygen atoms in total. The number of nitrogens with zero attached hydrogens (tertiary/aromatic N) is 2. The van der Waals surface area contributed by atoms with Crippen molar-refractivity contribution < 1.29 is 12.9 Å². The zero-order valence-corrected chi connectivity index (χ0v) is 14.2. The van der Waals surface area contributed by atoms with Crippen molar-refractivity contribution in [2.45, 2.75) is 25.3 Å². The Labute approximate surface area is 140 Å². The van der Waals surface area contributed by atoms with E-state index in [9.17, 15) is 8.42 Å². The molecular formula is C17H17N3O3S. The summed E-state index contributed by atoms with van der Waals surface area (Å²) < 4.78 is 32.1. The third-order valence-electron chi connectivity index (χ3n) is 3.60. The van der Waals surface area contributed by atoms with Gasteiger partial charge in [-0.25, -0.2) is 13.1 Å². The highest BCUT2D eigenvalue weighted by atomic mass is 32.2. The first-order valence-corrected chi connectivity index (χ1v) is 8.89. The molecule has 2 aromatic carbocycles. The summed E-state index contributed by atoms with van der Waals surface area (Å²) in [5.74, 6) is 0.654. The number of aromatic nitrogens is 2. The fourth-order valence-corrected chi connectivity index (χ4v) is 3.19. The summed E-state index contributed by atoms with van der Waals surface area (Å²) in [6, 6.07) is 14.3. The normalized spacial score (nSPS) is 11.6. The Kier molecular flexibility index (Phi) is 4.46. The van der Waals surface area contributed by atoms with Crippen LogP contribution in [0.2, 0.25) is 0 Å². The summed E-state index contributed by atoms with van der Waals surface area (Å²) >= 11 is 0. The molecule has 7 heteroatoms. The van der Waals surface area contributed by atoms with Gasteiger partial charge in [0.25, 0.3) is 0 Å². The molecule has 0 fully saturated rings. The number of hydrogen-bond acceptors (Lipinski definition) is 5. The summed E-state index contributed by atoms with van der Waals surface area (Å²) in [6.45, 7) is 3.79. The first kappa shape index (κ1) is 16.4. The van der Waals surface area contributed by atoms with E-state index in [0.717, 1.165) is 16.7 Å². The Morgan fingerprint density at radius 1 is 1.04 bits per heavy atom. The average Bonchev–Trinajstić information content (AvgIpc) is 3.03. The molecule has 0 atom stereocenters. The first-order valence-electron chi connectivity index (χ1n) is 7.40. The van der Waals surface area contributed by atoms with E-state index in [1.165, 1.54) is 0 Å². The predicted octanol–water partition coefficient (Wildman–Crippen LogP) is 2.83. The van der Waals surface area contributed by atoms with Crippen LogP contribution in [-0.4, -0.2) is 18.6 Å². The monoisotopic (exact) mass is 343 g/mol. The molecule has 124 valence electrons. The van der Waals surface area contributed by atoms with Crippen molar-refractivity contribution in [1.29, 1.82) is 0 Å². The van der Waals surface area contributed by atoms with E-state index < -0.39 is 10.0 Å². The van der Waals surface area contributed by atoms with Gasteiger partial charge >= 0.3 is 0 Å². The number of hydrogen-bond donors (Lipinski definition) is 1. The van der Waals surface area contributed by atoms with Crippen molar-refractivity contribution in [3.63, 3.8) is 0 Å². The molecule has 3 rings (SSSR count). The molecule has 1 heterocycles. The summed E-state index contributed by atoms with van der Waals surface area (Å²) in [4.78, 5) is 4.45. The number of benzene rings is 2. The standard InChI is InChI=1S/C17H17N3O3S/c1-12-7-9-14(10-8-12)24(21,22)18-11-16-19-17(20-23-16)15-6-4-3-5-13(15)2/h3-10,18H,11H2,1-2H3. The molecule has 0 amide bonds. The Morgan fingerprint density at radius 3 is 2.46 bits per heavy atom. The van der Waals surface area contributed by atoms with Gasteiger partial charge in [-0.3, -0.25) is 0 Å². The molecule has 0 unspecified atom stereocenters. The average molecular weight is 343 g/mol. The molecule has 0 radical (unpaired) electrons. The van der Waals surface area contributed by atoms with Gasteiger partial charge in [-0.2, -0.15) is 4.98 Å². The van der Waals surface area contributed by atoms with Crippen LogP contribution < -0.4 is 4.72 Å². The van der Waals surface area contributed by atoms with Gasteiger partial charge in [0.05, 0.1) is 11.4 Å². The molecule has 0 aliphatic carbocycles. The van der Waals surface area contributed by atoms with Crippen LogP contribution in [0.15, 0.2) is 57.9 Å².